The molecule has 5 heteroatoms. The summed E-state index contributed by atoms with van der Waals surface area (Å²) < 4.78 is 0. The third kappa shape index (κ3) is 2.72. The minimum atomic E-state index is 0.788. The maximum atomic E-state index is 4.38. The van der Waals surface area contributed by atoms with Gasteiger partial charge < -0.3 is 5.32 Å². The first kappa shape index (κ1) is 12.9. The monoisotopic (exact) mass is 282 g/mol. The summed E-state index contributed by atoms with van der Waals surface area (Å²) in [6, 6.07) is 12.1. The Balaban J connectivity index is 1.83. The van der Waals surface area contributed by atoms with E-state index in [2.05, 4.69) is 32.4 Å². The van der Waals surface area contributed by atoms with Gasteiger partial charge in [-0.3, -0.25) is 4.98 Å². The summed E-state index contributed by atoms with van der Waals surface area (Å²) in [5.41, 5.74) is 3.08. The predicted octanol–water partition coefficient (Wildman–Crippen LogP) is 3.36. The minimum absolute atomic E-state index is 0.788. The third-order valence-corrected chi connectivity index (χ3v) is 4.01. The third-order valence-electron chi connectivity index (χ3n) is 2.97. The standard InChI is InChI=1S/C15H14N4S/c1-16-11-6-7-17-12(8-11)9-20-15-13-4-2-3-5-14(13)18-10-19-15/h2-8,10H,9H2,1H3,(H,16,17). The van der Waals surface area contributed by atoms with Crippen LogP contribution in [0.5, 0.6) is 0 Å². The first-order chi connectivity index (χ1) is 9.86. The summed E-state index contributed by atoms with van der Waals surface area (Å²) in [7, 11) is 1.91. The number of benzene rings is 1. The van der Waals surface area contributed by atoms with Crippen LogP contribution in [0.25, 0.3) is 10.9 Å². The number of fused-ring (bicyclic) bond motifs is 1. The molecule has 0 aliphatic rings. The zero-order valence-electron chi connectivity index (χ0n) is 11.1. The Morgan fingerprint density at radius 1 is 1.10 bits per heavy atom. The molecule has 0 aliphatic carbocycles. The molecule has 4 nitrogen and oxygen atoms in total. The quantitative estimate of drug-likeness (QED) is 0.587. The lowest BCUT2D eigenvalue weighted by molar-refractivity contribution is 1.09. The maximum Gasteiger partial charge on any atom is 0.117 e. The second-order valence-electron chi connectivity index (χ2n) is 4.27. The summed E-state index contributed by atoms with van der Waals surface area (Å²) in [5, 5.41) is 5.20. The normalized spacial score (nSPS) is 10.7. The highest BCUT2D eigenvalue weighted by Crippen LogP contribution is 2.27. The van der Waals surface area contributed by atoms with Crippen LogP contribution >= 0.6 is 11.8 Å². The van der Waals surface area contributed by atoms with Gasteiger partial charge in [0, 0.05) is 30.1 Å². The van der Waals surface area contributed by atoms with Gasteiger partial charge in [-0.15, -0.1) is 0 Å². The fraction of sp³-hybridized carbons (Fsp3) is 0.133. The van der Waals surface area contributed by atoms with E-state index in [1.165, 1.54) is 0 Å². The number of thioether (sulfide) groups is 1. The number of para-hydroxylation sites is 1. The summed E-state index contributed by atoms with van der Waals surface area (Å²) >= 11 is 1.68. The highest BCUT2D eigenvalue weighted by molar-refractivity contribution is 7.98. The zero-order valence-corrected chi connectivity index (χ0v) is 11.9. The van der Waals surface area contributed by atoms with Crippen molar-refractivity contribution in [2.24, 2.45) is 0 Å². The number of hydrogen-bond donors (Lipinski definition) is 1. The summed E-state index contributed by atoms with van der Waals surface area (Å²) in [6.45, 7) is 0. The first-order valence-corrected chi connectivity index (χ1v) is 7.30. The molecule has 0 bridgehead atoms. The van der Waals surface area contributed by atoms with E-state index in [1.807, 2.05) is 37.5 Å². The van der Waals surface area contributed by atoms with Gasteiger partial charge in [-0.05, 0) is 18.2 Å². The number of rotatable bonds is 4. The molecule has 0 aliphatic heterocycles. The molecule has 0 amide bonds. The fourth-order valence-corrected chi connectivity index (χ4v) is 2.84. The van der Waals surface area contributed by atoms with Crippen molar-refractivity contribution in [1.82, 2.24) is 15.0 Å². The highest BCUT2D eigenvalue weighted by Gasteiger charge is 2.05. The minimum Gasteiger partial charge on any atom is -0.388 e. The van der Waals surface area contributed by atoms with Gasteiger partial charge in [0.05, 0.1) is 11.2 Å². The molecular weight excluding hydrogens is 268 g/mol. The molecule has 1 aromatic carbocycles. The second-order valence-corrected chi connectivity index (χ2v) is 5.23. The zero-order chi connectivity index (χ0) is 13.8. The Morgan fingerprint density at radius 2 is 2.00 bits per heavy atom. The van der Waals surface area contributed by atoms with E-state index in [-0.39, 0.29) is 0 Å². The van der Waals surface area contributed by atoms with Crippen molar-refractivity contribution < 1.29 is 0 Å². The van der Waals surface area contributed by atoms with Gasteiger partial charge in [0.2, 0.25) is 0 Å². The molecular formula is C15H14N4S. The average Bonchev–Trinajstić information content (AvgIpc) is 2.53. The van der Waals surface area contributed by atoms with Crippen molar-refractivity contribution in [2.75, 3.05) is 12.4 Å². The summed E-state index contributed by atoms with van der Waals surface area (Å²) in [4.78, 5) is 13.0. The fourth-order valence-electron chi connectivity index (χ4n) is 1.95. The van der Waals surface area contributed by atoms with Crippen molar-refractivity contribution in [2.45, 2.75) is 10.8 Å². The molecule has 0 fully saturated rings. The smallest absolute Gasteiger partial charge is 0.117 e. The topological polar surface area (TPSA) is 50.7 Å². The van der Waals surface area contributed by atoms with E-state index in [0.717, 1.165) is 33.1 Å². The van der Waals surface area contributed by atoms with Crippen molar-refractivity contribution in [3.05, 3.63) is 54.6 Å². The Hall–Kier alpha value is -2.14. The molecule has 0 saturated carbocycles. The Bertz CT molecular complexity index is 724. The van der Waals surface area contributed by atoms with Crippen LogP contribution in [0, 0.1) is 0 Å². The lowest BCUT2D eigenvalue weighted by atomic mass is 10.2. The molecule has 3 aromatic rings. The van der Waals surface area contributed by atoms with Crippen LogP contribution < -0.4 is 5.32 Å². The number of pyridine rings is 1. The van der Waals surface area contributed by atoms with Crippen LogP contribution in [0.4, 0.5) is 5.69 Å². The number of aromatic nitrogens is 3. The van der Waals surface area contributed by atoms with Crippen LogP contribution in [0.1, 0.15) is 5.69 Å². The second kappa shape index (κ2) is 5.88. The van der Waals surface area contributed by atoms with Gasteiger partial charge in [-0.1, -0.05) is 30.0 Å². The highest BCUT2D eigenvalue weighted by atomic mass is 32.2. The van der Waals surface area contributed by atoms with Crippen LogP contribution in [0.15, 0.2) is 53.9 Å². The molecule has 0 saturated heterocycles. The van der Waals surface area contributed by atoms with Gasteiger partial charge in [0.1, 0.15) is 11.4 Å². The lowest BCUT2D eigenvalue weighted by Gasteiger charge is -2.05. The first-order valence-electron chi connectivity index (χ1n) is 6.32. The van der Waals surface area contributed by atoms with Gasteiger partial charge in [0.25, 0.3) is 0 Å². The molecule has 0 unspecified atom stereocenters. The van der Waals surface area contributed by atoms with E-state index >= 15 is 0 Å². The van der Waals surface area contributed by atoms with Crippen LogP contribution in [0.3, 0.4) is 0 Å². The van der Waals surface area contributed by atoms with E-state index in [1.54, 1.807) is 18.1 Å². The lowest BCUT2D eigenvalue weighted by Crippen LogP contribution is -1.93. The van der Waals surface area contributed by atoms with Crippen molar-refractivity contribution >= 4 is 28.4 Å². The van der Waals surface area contributed by atoms with Crippen LogP contribution in [0.2, 0.25) is 0 Å². The number of nitrogens with one attached hydrogen (secondary N) is 1. The van der Waals surface area contributed by atoms with Crippen molar-refractivity contribution in [3.8, 4) is 0 Å². The Kier molecular flexibility index (Phi) is 3.78. The summed E-state index contributed by atoms with van der Waals surface area (Å²) in [5.74, 6) is 0.788. The Morgan fingerprint density at radius 3 is 2.90 bits per heavy atom. The molecule has 20 heavy (non-hydrogen) atoms. The largest absolute Gasteiger partial charge is 0.388 e. The summed E-state index contributed by atoms with van der Waals surface area (Å²) in [6.07, 6.45) is 3.43. The molecule has 2 heterocycles. The van der Waals surface area contributed by atoms with E-state index in [9.17, 15) is 0 Å². The van der Waals surface area contributed by atoms with Gasteiger partial charge in [-0.25, -0.2) is 9.97 Å². The van der Waals surface area contributed by atoms with Gasteiger partial charge >= 0.3 is 0 Å². The maximum absolute atomic E-state index is 4.38. The van der Waals surface area contributed by atoms with E-state index in [4.69, 9.17) is 0 Å². The van der Waals surface area contributed by atoms with Gasteiger partial charge in [0.15, 0.2) is 0 Å². The molecule has 100 valence electrons. The number of nitrogens with zero attached hydrogens (tertiary/aromatic N) is 3. The molecule has 0 radical (unpaired) electrons. The predicted molar refractivity (Wildman–Crippen MR) is 82.9 cm³/mol. The molecule has 3 rings (SSSR count). The van der Waals surface area contributed by atoms with Crippen LogP contribution in [-0.4, -0.2) is 22.0 Å². The molecule has 0 spiro atoms. The molecule has 2 aromatic heterocycles. The Labute approximate surface area is 121 Å². The number of anilines is 1. The molecule has 0 atom stereocenters. The van der Waals surface area contributed by atoms with Crippen molar-refractivity contribution in [1.29, 1.82) is 0 Å². The van der Waals surface area contributed by atoms with Gasteiger partial charge in [-0.2, -0.15) is 0 Å². The average molecular weight is 282 g/mol. The SMILES string of the molecule is CNc1ccnc(CSc2ncnc3ccccc23)c1. The number of hydrogen-bond acceptors (Lipinski definition) is 5. The van der Waals surface area contributed by atoms with Crippen LogP contribution in [-0.2, 0) is 5.75 Å². The molecule has 1 N–H and O–H groups in total. The van der Waals surface area contributed by atoms with Crippen molar-refractivity contribution in [3.63, 3.8) is 0 Å². The van der Waals surface area contributed by atoms with E-state index < -0.39 is 0 Å². The van der Waals surface area contributed by atoms with E-state index in [0.29, 0.717) is 0 Å².